The lowest BCUT2D eigenvalue weighted by atomic mass is 9.94. The molecule has 0 spiro atoms. The first kappa shape index (κ1) is 57.2. The first-order valence-corrected chi connectivity index (χ1v) is 25.6. The largest absolute Gasteiger partial charge is 0.465 e. The molecular weight excluding hydrogens is 737 g/mol. The molecule has 0 heterocycles. The van der Waals surface area contributed by atoms with Gasteiger partial charge in [-0.3, -0.25) is 9.59 Å². The van der Waals surface area contributed by atoms with Crippen molar-refractivity contribution in [3.05, 3.63) is 0 Å². The number of esters is 2. The highest BCUT2D eigenvalue weighted by Gasteiger charge is 2.21. The maximum atomic E-state index is 13.0. The number of amides is 1. The minimum atomic E-state index is -0.515. The van der Waals surface area contributed by atoms with Crippen LogP contribution in [0.4, 0.5) is 4.79 Å². The van der Waals surface area contributed by atoms with E-state index in [2.05, 4.69) is 37.9 Å². The first-order valence-electron chi connectivity index (χ1n) is 25.6. The van der Waals surface area contributed by atoms with Crippen molar-refractivity contribution in [2.45, 2.75) is 260 Å². The fourth-order valence-electron chi connectivity index (χ4n) is 7.87. The number of nitrogens with one attached hydrogen (secondary N) is 1. The summed E-state index contributed by atoms with van der Waals surface area (Å²) < 4.78 is 17.1. The van der Waals surface area contributed by atoms with Crippen LogP contribution in [-0.4, -0.2) is 67.9 Å². The quantitative estimate of drug-likeness (QED) is 0.0371. The summed E-state index contributed by atoms with van der Waals surface area (Å²) in [6, 6.07) is 0. The number of ether oxygens (including phenoxy) is 3. The van der Waals surface area contributed by atoms with E-state index in [0.717, 1.165) is 122 Å². The van der Waals surface area contributed by atoms with Gasteiger partial charge in [0.2, 0.25) is 0 Å². The average molecular weight is 837 g/mol. The second-order valence-electron chi connectivity index (χ2n) is 18.6. The van der Waals surface area contributed by atoms with E-state index in [4.69, 9.17) is 14.2 Å². The van der Waals surface area contributed by atoms with Gasteiger partial charge in [-0.05, 0) is 85.2 Å². The Hall–Kier alpha value is -1.83. The topological polar surface area (TPSA) is 94.2 Å². The third kappa shape index (κ3) is 38.8. The Bertz CT molecular complexity index is 895. The van der Waals surface area contributed by atoms with Crippen LogP contribution < -0.4 is 5.32 Å². The number of carbonyl (C=O) groups is 3. The van der Waals surface area contributed by atoms with Crippen molar-refractivity contribution < 1.29 is 28.6 Å². The van der Waals surface area contributed by atoms with Gasteiger partial charge < -0.3 is 24.4 Å². The smallest absolute Gasteiger partial charge is 0.407 e. The number of rotatable bonds is 43. The molecule has 350 valence electrons. The number of unbranched alkanes of at least 4 members (excludes halogenated alkanes) is 22. The molecule has 8 nitrogen and oxygen atoms in total. The SMILES string of the molecule is CCCCCCCCC(CCCCCC)C(=O)OCCCCCCN(CCCCCCOC(=O)C(CCCCCC)CCCCCCCC)CCNC(=O)OC(C)(C)C. The molecule has 0 aliphatic heterocycles. The summed E-state index contributed by atoms with van der Waals surface area (Å²) in [6.45, 7) is 19.0. The van der Waals surface area contributed by atoms with Gasteiger partial charge in [0.1, 0.15) is 5.60 Å². The number of carbonyl (C=O) groups excluding carboxylic acids is 3. The van der Waals surface area contributed by atoms with Crippen LogP contribution in [-0.2, 0) is 23.8 Å². The lowest BCUT2D eigenvalue weighted by Gasteiger charge is -2.24. The summed E-state index contributed by atoms with van der Waals surface area (Å²) in [5.74, 6) is 0.186. The monoisotopic (exact) mass is 837 g/mol. The summed E-state index contributed by atoms with van der Waals surface area (Å²) >= 11 is 0. The predicted octanol–water partition coefficient (Wildman–Crippen LogP) is 14.7. The van der Waals surface area contributed by atoms with E-state index in [1.165, 1.54) is 103 Å². The molecule has 0 aliphatic carbocycles. The summed E-state index contributed by atoms with van der Waals surface area (Å²) in [5, 5.41) is 2.93. The highest BCUT2D eigenvalue weighted by atomic mass is 16.6. The number of alkyl carbamates (subject to hydrolysis) is 1. The van der Waals surface area contributed by atoms with Crippen molar-refractivity contribution in [3.63, 3.8) is 0 Å². The van der Waals surface area contributed by atoms with Gasteiger partial charge in [-0.2, -0.15) is 0 Å². The molecule has 2 unspecified atom stereocenters. The van der Waals surface area contributed by atoms with Gasteiger partial charge >= 0.3 is 18.0 Å². The zero-order chi connectivity index (χ0) is 43.7. The highest BCUT2D eigenvalue weighted by molar-refractivity contribution is 5.72. The molecule has 8 heteroatoms. The minimum absolute atomic E-state index is 0.0300. The molecule has 0 rings (SSSR count). The average Bonchev–Trinajstić information content (AvgIpc) is 3.20. The summed E-state index contributed by atoms with van der Waals surface area (Å²) in [7, 11) is 0. The molecule has 1 N–H and O–H groups in total. The van der Waals surface area contributed by atoms with Crippen LogP contribution in [0.2, 0.25) is 0 Å². The van der Waals surface area contributed by atoms with Gasteiger partial charge in [0.05, 0.1) is 25.0 Å². The molecule has 0 aromatic rings. The highest BCUT2D eigenvalue weighted by Crippen LogP contribution is 2.22. The Morgan fingerprint density at radius 3 is 1.14 bits per heavy atom. The Morgan fingerprint density at radius 2 is 0.763 bits per heavy atom. The summed E-state index contributed by atoms with van der Waals surface area (Å²) in [4.78, 5) is 40.8. The van der Waals surface area contributed by atoms with Crippen LogP contribution in [0.3, 0.4) is 0 Å². The van der Waals surface area contributed by atoms with E-state index < -0.39 is 5.60 Å². The molecule has 0 saturated heterocycles. The molecule has 1 amide bonds. The van der Waals surface area contributed by atoms with E-state index >= 15 is 0 Å². The standard InChI is InChI=1S/C51H100N2O6/c1-8-12-16-20-22-30-38-46(36-28-18-14-10-3)48(54)57-44-34-26-24-32-41-53(43-40-52-50(56)59-51(5,6)7)42-33-25-27-35-45-58-49(55)47(37-29-19-15-11-4)39-31-23-21-17-13-9-2/h46-47H,8-45H2,1-7H3,(H,52,56). The van der Waals surface area contributed by atoms with Gasteiger partial charge in [-0.25, -0.2) is 4.79 Å². The van der Waals surface area contributed by atoms with Gasteiger partial charge in [0, 0.05) is 13.1 Å². The molecule has 0 radical (unpaired) electrons. The molecule has 59 heavy (non-hydrogen) atoms. The summed E-state index contributed by atoms with van der Waals surface area (Å²) in [5.41, 5.74) is -0.515. The van der Waals surface area contributed by atoms with E-state index in [0.29, 0.717) is 19.8 Å². The molecule has 0 bridgehead atoms. The molecule has 0 aromatic carbocycles. The van der Waals surface area contributed by atoms with E-state index in [9.17, 15) is 14.4 Å². The van der Waals surface area contributed by atoms with Crippen molar-refractivity contribution in [1.29, 1.82) is 0 Å². The van der Waals surface area contributed by atoms with E-state index in [1.807, 2.05) is 20.8 Å². The fourth-order valence-corrected chi connectivity index (χ4v) is 7.87. The minimum Gasteiger partial charge on any atom is -0.465 e. The molecule has 2 atom stereocenters. The maximum Gasteiger partial charge on any atom is 0.407 e. The van der Waals surface area contributed by atoms with Crippen LogP contribution in [0.1, 0.15) is 254 Å². The third-order valence-corrected chi connectivity index (χ3v) is 11.6. The van der Waals surface area contributed by atoms with Crippen molar-refractivity contribution >= 4 is 18.0 Å². The van der Waals surface area contributed by atoms with Gasteiger partial charge in [0.25, 0.3) is 0 Å². The Kier molecular flexibility index (Phi) is 40.2. The second kappa shape index (κ2) is 41.5. The number of hydrogen-bond donors (Lipinski definition) is 1. The van der Waals surface area contributed by atoms with Crippen LogP contribution in [0.15, 0.2) is 0 Å². The van der Waals surface area contributed by atoms with Crippen molar-refractivity contribution in [1.82, 2.24) is 10.2 Å². The number of nitrogens with zero attached hydrogens (tertiary/aromatic N) is 1. The molecule has 0 fully saturated rings. The van der Waals surface area contributed by atoms with Crippen LogP contribution in [0.5, 0.6) is 0 Å². The maximum absolute atomic E-state index is 13.0. The van der Waals surface area contributed by atoms with Crippen LogP contribution >= 0.6 is 0 Å². The van der Waals surface area contributed by atoms with Crippen LogP contribution in [0, 0.1) is 11.8 Å². The Labute approximate surface area is 366 Å². The zero-order valence-electron chi connectivity index (χ0n) is 40.4. The van der Waals surface area contributed by atoms with Gasteiger partial charge in [-0.1, -0.05) is 182 Å². The molecule has 0 aromatic heterocycles. The van der Waals surface area contributed by atoms with Crippen molar-refractivity contribution in [3.8, 4) is 0 Å². The first-order chi connectivity index (χ1) is 28.6. The lowest BCUT2D eigenvalue weighted by molar-refractivity contribution is -0.150. The Morgan fingerprint density at radius 1 is 0.441 bits per heavy atom. The molecular formula is C51H100N2O6. The Balaban J connectivity index is 4.70. The molecule has 0 saturated carbocycles. The van der Waals surface area contributed by atoms with E-state index in [1.54, 1.807) is 0 Å². The molecule has 0 aliphatic rings. The number of hydrogen-bond acceptors (Lipinski definition) is 7. The summed E-state index contributed by atoms with van der Waals surface area (Å²) in [6.07, 6.45) is 36.4. The van der Waals surface area contributed by atoms with Crippen molar-refractivity contribution in [2.75, 3.05) is 39.4 Å². The van der Waals surface area contributed by atoms with E-state index in [-0.39, 0.29) is 29.9 Å². The van der Waals surface area contributed by atoms with Crippen molar-refractivity contribution in [2.24, 2.45) is 11.8 Å². The van der Waals surface area contributed by atoms with Crippen LogP contribution in [0.25, 0.3) is 0 Å². The fraction of sp³-hybridized carbons (Fsp3) is 0.941. The predicted molar refractivity (Wildman–Crippen MR) is 250 cm³/mol. The zero-order valence-corrected chi connectivity index (χ0v) is 40.4. The lowest BCUT2D eigenvalue weighted by Crippen LogP contribution is -2.38. The van der Waals surface area contributed by atoms with Gasteiger partial charge in [-0.15, -0.1) is 0 Å². The third-order valence-electron chi connectivity index (χ3n) is 11.6. The normalized spacial score (nSPS) is 12.7. The second-order valence-corrected chi connectivity index (χ2v) is 18.6. The van der Waals surface area contributed by atoms with Gasteiger partial charge in [0.15, 0.2) is 0 Å².